The van der Waals surface area contributed by atoms with Crippen LogP contribution in [0, 0.1) is 5.92 Å². The number of benzene rings is 2. The Balaban J connectivity index is 0.00000300. The first kappa shape index (κ1) is 23.2. The molecule has 3 N–H and O–H groups in total. The molecular weight excluding hydrogens is 386 g/mol. The molecule has 2 aromatic carbocycles. The third kappa shape index (κ3) is 6.74. The number of hydrogen-bond donors (Lipinski definition) is 2. The van der Waals surface area contributed by atoms with E-state index in [4.69, 9.17) is 10.5 Å². The van der Waals surface area contributed by atoms with Crippen molar-refractivity contribution >= 4 is 18.3 Å². The lowest BCUT2D eigenvalue weighted by Crippen LogP contribution is -2.36. The van der Waals surface area contributed by atoms with E-state index in [-0.39, 0.29) is 24.4 Å². The number of hydrogen-bond acceptors (Lipinski definition) is 4. The highest BCUT2D eigenvalue weighted by atomic mass is 35.5. The second-order valence-electron chi connectivity index (χ2n) is 7.80. The summed E-state index contributed by atoms with van der Waals surface area (Å²) >= 11 is 0. The maximum absolute atomic E-state index is 12.5. The number of nitrogens with zero attached hydrogens (tertiary/aromatic N) is 1. The van der Waals surface area contributed by atoms with E-state index in [0.29, 0.717) is 31.5 Å². The van der Waals surface area contributed by atoms with Crippen molar-refractivity contribution in [2.75, 3.05) is 26.2 Å². The quantitative estimate of drug-likeness (QED) is 0.692. The number of likely N-dealkylation sites (tertiary alicyclic amines) is 1. The minimum Gasteiger partial charge on any atom is -0.491 e. The largest absolute Gasteiger partial charge is 0.491 e. The van der Waals surface area contributed by atoms with Crippen molar-refractivity contribution in [2.24, 2.45) is 11.7 Å². The predicted molar refractivity (Wildman–Crippen MR) is 119 cm³/mol. The highest BCUT2D eigenvalue weighted by Gasteiger charge is 2.33. The Kier molecular flexibility index (Phi) is 8.96. The lowest BCUT2D eigenvalue weighted by molar-refractivity contribution is -0.122. The summed E-state index contributed by atoms with van der Waals surface area (Å²) in [5, 5.41) is 3.03. The molecule has 2 aromatic rings. The molecule has 29 heavy (non-hydrogen) atoms. The van der Waals surface area contributed by atoms with Gasteiger partial charge < -0.3 is 15.8 Å². The molecule has 1 heterocycles. The summed E-state index contributed by atoms with van der Waals surface area (Å²) in [6.07, 6.45) is 0.132. The fraction of sp³-hybridized carbons (Fsp3) is 0.435. The Morgan fingerprint density at radius 3 is 2.62 bits per heavy atom. The molecule has 158 valence electrons. The van der Waals surface area contributed by atoms with Gasteiger partial charge >= 0.3 is 0 Å². The van der Waals surface area contributed by atoms with Gasteiger partial charge in [0.2, 0.25) is 5.91 Å². The first-order chi connectivity index (χ1) is 13.5. The Bertz CT molecular complexity index is 770. The van der Waals surface area contributed by atoms with Crippen molar-refractivity contribution < 1.29 is 9.53 Å². The fourth-order valence-corrected chi connectivity index (χ4v) is 3.87. The number of carbonyl (C=O) groups excluding carboxylic acids is 1. The molecule has 0 unspecified atom stereocenters. The Hall–Kier alpha value is -2.08. The molecule has 2 atom stereocenters. The maximum Gasteiger partial charge on any atom is 0.234 e. The third-order valence-corrected chi connectivity index (χ3v) is 5.17. The average molecular weight is 418 g/mol. The number of rotatable bonds is 8. The second kappa shape index (κ2) is 11.2. The highest BCUT2D eigenvalue weighted by molar-refractivity contribution is 5.85. The van der Waals surface area contributed by atoms with Crippen LogP contribution < -0.4 is 15.8 Å². The van der Waals surface area contributed by atoms with Crippen molar-refractivity contribution in [1.29, 1.82) is 0 Å². The van der Waals surface area contributed by atoms with Crippen molar-refractivity contribution in [3.63, 3.8) is 0 Å². The summed E-state index contributed by atoms with van der Waals surface area (Å²) in [5.74, 6) is 1.65. The van der Waals surface area contributed by atoms with Gasteiger partial charge in [-0.25, -0.2) is 0 Å². The van der Waals surface area contributed by atoms with E-state index < -0.39 is 0 Å². The smallest absolute Gasteiger partial charge is 0.234 e. The number of amides is 1. The molecule has 0 spiro atoms. The van der Waals surface area contributed by atoms with Crippen LogP contribution in [0.1, 0.15) is 30.9 Å². The van der Waals surface area contributed by atoms with E-state index in [1.807, 2.05) is 44.2 Å². The zero-order valence-electron chi connectivity index (χ0n) is 17.2. The summed E-state index contributed by atoms with van der Waals surface area (Å²) in [4.78, 5) is 14.7. The summed E-state index contributed by atoms with van der Waals surface area (Å²) in [6, 6.07) is 18.3. The van der Waals surface area contributed by atoms with Crippen LogP contribution in [0.4, 0.5) is 0 Å². The summed E-state index contributed by atoms with van der Waals surface area (Å²) in [5.41, 5.74) is 8.34. The molecule has 1 aliphatic heterocycles. The zero-order valence-corrected chi connectivity index (χ0v) is 18.0. The summed E-state index contributed by atoms with van der Waals surface area (Å²) in [7, 11) is 0. The van der Waals surface area contributed by atoms with Gasteiger partial charge in [-0.15, -0.1) is 12.4 Å². The van der Waals surface area contributed by atoms with Crippen LogP contribution in [0.5, 0.6) is 5.75 Å². The van der Waals surface area contributed by atoms with Gasteiger partial charge in [0.05, 0.1) is 12.6 Å². The first-order valence-electron chi connectivity index (χ1n) is 10.0. The fourth-order valence-electron chi connectivity index (χ4n) is 3.87. The van der Waals surface area contributed by atoms with E-state index in [2.05, 4.69) is 34.5 Å². The topological polar surface area (TPSA) is 67.6 Å². The minimum absolute atomic E-state index is 0. The van der Waals surface area contributed by atoms with Gasteiger partial charge in [-0.3, -0.25) is 9.69 Å². The Morgan fingerprint density at radius 2 is 1.93 bits per heavy atom. The van der Waals surface area contributed by atoms with Crippen molar-refractivity contribution in [3.05, 3.63) is 65.7 Å². The lowest BCUT2D eigenvalue weighted by atomic mass is 9.89. The van der Waals surface area contributed by atoms with Gasteiger partial charge in [-0.2, -0.15) is 0 Å². The van der Waals surface area contributed by atoms with Crippen LogP contribution in [0.15, 0.2) is 54.6 Å². The summed E-state index contributed by atoms with van der Waals surface area (Å²) < 4.78 is 5.71. The van der Waals surface area contributed by atoms with Gasteiger partial charge in [0, 0.05) is 25.6 Å². The molecule has 0 aliphatic carbocycles. The van der Waals surface area contributed by atoms with E-state index in [1.54, 1.807) is 0 Å². The maximum atomic E-state index is 12.5. The van der Waals surface area contributed by atoms with Gasteiger partial charge in [-0.1, -0.05) is 42.5 Å². The Morgan fingerprint density at radius 1 is 1.17 bits per heavy atom. The van der Waals surface area contributed by atoms with Gasteiger partial charge in [0.1, 0.15) is 5.75 Å². The normalized spacial score (nSPS) is 19.0. The molecule has 1 amide bonds. The first-order valence-corrected chi connectivity index (χ1v) is 10.0. The molecule has 0 saturated carbocycles. The van der Waals surface area contributed by atoms with E-state index in [9.17, 15) is 4.79 Å². The second-order valence-corrected chi connectivity index (χ2v) is 7.80. The number of nitrogens with two attached hydrogens (primary N) is 1. The van der Waals surface area contributed by atoms with Crippen molar-refractivity contribution in [3.8, 4) is 5.75 Å². The monoisotopic (exact) mass is 417 g/mol. The SMILES string of the molecule is CC(C)Oc1cccc(CNC(=O)CN2C[C@@H](CN)[C@H](c3ccccc3)C2)c1.Cl. The molecule has 0 aromatic heterocycles. The van der Waals surface area contributed by atoms with E-state index in [1.165, 1.54) is 5.56 Å². The van der Waals surface area contributed by atoms with Crippen LogP contribution in [-0.2, 0) is 11.3 Å². The third-order valence-electron chi connectivity index (χ3n) is 5.17. The number of nitrogens with one attached hydrogen (secondary N) is 1. The number of carbonyl (C=O) groups is 1. The van der Waals surface area contributed by atoms with E-state index >= 15 is 0 Å². The molecular formula is C23H32ClN3O2. The number of ether oxygens (including phenoxy) is 1. The number of halogens is 1. The lowest BCUT2D eigenvalue weighted by Gasteiger charge is -2.17. The van der Waals surface area contributed by atoms with Crippen LogP contribution in [0.2, 0.25) is 0 Å². The minimum atomic E-state index is 0. The molecule has 3 rings (SSSR count). The van der Waals surface area contributed by atoms with Gasteiger partial charge in [-0.05, 0) is 49.6 Å². The van der Waals surface area contributed by atoms with Crippen molar-refractivity contribution in [1.82, 2.24) is 10.2 Å². The predicted octanol–water partition coefficient (Wildman–Crippen LogP) is 3.19. The highest BCUT2D eigenvalue weighted by Crippen LogP contribution is 2.31. The zero-order chi connectivity index (χ0) is 19.9. The van der Waals surface area contributed by atoms with Crippen LogP contribution in [-0.4, -0.2) is 43.1 Å². The van der Waals surface area contributed by atoms with Crippen molar-refractivity contribution in [2.45, 2.75) is 32.4 Å². The average Bonchev–Trinajstić information content (AvgIpc) is 3.09. The van der Waals surface area contributed by atoms with Gasteiger partial charge in [0.15, 0.2) is 0 Å². The standard InChI is InChI=1S/C23H31N3O2.ClH/c1-17(2)28-21-10-6-7-18(11-21)13-25-23(27)16-26-14-20(12-24)22(15-26)19-8-4-3-5-9-19;/h3-11,17,20,22H,12-16,24H2,1-2H3,(H,25,27);1H/t20-,22+;/m1./s1. The Labute approximate surface area is 180 Å². The summed E-state index contributed by atoms with van der Waals surface area (Å²) in [6.45, 7) is 7.29. The molecule has 1 saturated heterocycles. The molecule has 1 fully saturated rings. The molecule has 1 aliphatic rings. The van der Waals surface area contributed by atoms with Crippen LogP contribution in [0.3, 0.4) is 0 Å². The van der Waals surface area contributed by atoms with E-state index in [0.717, 1.165) is 24.4 Å². The molecule has 0 bridgehead atoms. The van der Waals surface area contributed by atoms with Crippen LogP contribution >= 0.6 is 12.4 Å². The molecule has 6 heteroatoms. The van der Waals surface area contributed by atoms with Gasteiger partial charge in [0.25, 0.3) is 0 Å². The molecule has 0 radical (unpaired) electrons. The molecule has 5 nitrogen and oxygen atoms in total. The van der Waals surface area contributed by atoms with Crippen LogP contribution in [0.25, 0.3) is 0 Å².